The molecular weight excluding hydrogens is 362 g/mol. The predicted molar refractivity (Wildman–Crippen MR) is 95.5 cm³/mol. The van der Waals surface area contributed by atoms with Gasteiger partial charge in [-0.25, -0.2) is 4.79 Å². The van der Waals surface area contributed by atoms with Gasteiger partial charge in [-0.05, 0) is 12.0 Å². The molecular formula is C16H21N3O6S. The van der Waals surface area contributed by atoms with Crippen molar-refractivity contribution in [2.24, 2.45) is 5.73 Å². The van der Waals surface area contributed by atoms with Crippen LogP contribution in [-0.4, -0.2) is 51.1 Å². The quantitative estimate of drug-likeness (QED) is 0.388. The van der Waals surface area contributed by atoms with E-state index in [1.54, 1.807) is 0 Å². The zero-order chi connectivity index (χ0) is 19.5. The standard InChI is InChI=1S/C16H21N3O6S/c17-11(14(22)19-12(15(23)24)6-7-13(20)21)9-26-16(25)18-8-10-4-2-1-3-5-10/h1-5,11-12H,6-9,17H2,(H,18,25)(H,19,22)(H,20,21)(H,23,24)/t11-,12-/m0/s1. The lowest BCUT2D eigenvalue weighted by molar-refractivity contribution is -0.143. The van der Waals surface area contributed by atoms with Gasteiger partial charge in [-0.1, -0.05) is 42.1 Å². The van der Waals surface area contributed by atoms with E-state index in [-0.39, 0.29) is 17.4 Å². The van der Waals surface area contributed by atoms with Crippen molar-refractivity contribution in [3.8, 4) is 0 Å². The van der Waals surface area contributed by atoms with Crippen LogP contribution in [0.3, 0.4) is 0 Å². The van der Waals surface area contributed by atoms with Crippen molar-refractivity contribution in [2.75, 3.05) is 5.75 Å². The van der Waals surface area contributed by atoms with Gasteiger partial charge in [-0.15, -0.1) is 0 Å². The molecule has 0 spiro atoms. The van der Waals surface area contributed by atoms with Crippen molar-refractivity contribution in [2.45, 2.75) is 31.5 Å². The highest BCUT2D eigenvalue weighted by Gasteiger charge is 2.24. The second-order valence-electron chi connectivity index (χ2n) is 5.38. The number of hydrogen-bond donors (Lipinski definition) is 5. The number of hydrogen-bond acceptors (Lipinski definition) is 6. The van der Waals surface area contributed by atoms with Crippen molar-refractivity contribution in [1.82, 2.24) is 10.6 Å². The van der Waals surface area contributed by atoms with Gasteiger partial charge < -0.3 is 26.6 Å². The van der Waals surface area contributed by atoms with Gasteiger partial charge in [0.1, 0.15) is 6.04 Å². The summed E-state index contributed by atoms with van der Waals surface area (Å²) in [4.78, 5) is 45.2. The maximum absolute atomic E-state index is 11.9. The Morgan fingerprint density at radius 1 is 1.12 bits per heavy atom. The van der Waals surface area contributed by atoms with Crippen molar-refractivity contribution in [1.29, 1.82) is 0 Å². The van der Waals surface area contributed by atoms with Crippen LogP contribution in [0.4, 0.5) is 4.79 Å². The fourth-order valence-electron chi connectivity index (χ4n) is 1.87. The largest absolute Gasteiger partial charge is 0.481 e. The lowest BCUT2D eigenvalue weighted by Gasteiger charge is -2.17. The predicted octanol–water partition coefficient (Wildman–Crippen LogP) is 0.391. The molecule has 0 aliphatic heterocycles. The average Bonchev–Trinajstić information content (AvgIpc) is 2.61. The molecule has 0 aromatic heterocycles. The van der Waals surface area contributed by atoms with Crippen LogP contribution in [0.2, 0.25) is 0 Å². The van der Waals surface area contributed by atoms with E-state index in [1.165, 1.54) is 0 Å². The van der Waals surface area contributed by atoms with Gasteiger partial charge in [0.05, 0.1) is 6.04 Å². The number of nitrogens with two attached hydrogens (primary N) is 1. The van der Waals surface area contributed by atoms with Crippen molar-refractivity contribution >= 4 is 34.8 Å². The lowest BCUT2D eigenvalue weighted by atomic mass is 10.1. The molecule has 0 radical (unpaired) electrons. The number of thioether (sulfide) groups is 1. The smallest absolute Gasteiger partial charge is 0.326 e. The average molecular weight is 383 g/mol. The Kier molecular flexibility index (Phi) is 9.17. The molecule has 2 amide bonds. The van der Waals surface area contributed by atoms with Gasteiger partial charge in [0, 0.05) is 18.7 Å². The number of rotatable bonds is 10. The molecule has 0 saturated heterocycles. The zero-order valence-electron chi connectivity index (χ0n) is 13.9. The van der Waals surface area contributed by atoms with E-state index in [4.69, 9.17) is 15.9 Å². The van der Waals surface area contributed by atoms with Gasteiger partial charge in [-0.3, -0.25) is 14.4 Å². The molecule has 0 unspecified atom stereocenters. The molecule has 10 heteroatoms. The van der Waals surface area contributed by atoms with E-state index in [2.05, 4.69) is 10.6 Å². The molecule has 2 atom stereocenters. The highest BCUT2D eigenvalue weighted by atomic mass is 32.2. The van der Waals surface area contributed by atoms with Crippen LogP contribution in [-0.2, 0) is 20.9 Å². The van der Waals surface area contributed by atoms with Crippen LogP contribution in [0.15, 0.2) is 30.3 Å². The van der Waals surface area contributed by atoms with Crippen molar-refractivity contribution in [3.63, 3.8) is 0 Å². The van der Waals surface area contributed by atoms with Gasteiger partial charge in [0.25, 0.3) is 5.24 Å². The molecule has 0 saturated carbocycles. The van der Waals surface area contributed by atoms with Gasteiger partial charge >= 0.3 is 11.9 Å². The summed E-state index contributed by atoms with van der Waals surface area (Å²) in [5.74, 6) is -3.32. The number of aliphatic carboxylic acids is 2. The maximum atomic E-state index is 11.9. The highest BCUT2D eigenvalue weighted by Crippen LogP contribution is 2.06. The van der Waals surface area contributed by atoms with Crippen molar-refractivity contribution in [3.05, 3.63) is 35.9 Å². The molecule has 0 bridgehead atoms. The SMILES string of the molecule is N[C@@H](CSC(=O)NCc1ccccc1)C(=O)N[C@@H](CCC(=O)O)C(=O)O. The number of nitrogens with one attached hydrogen (secondary N) is 2. The Morgan fingerprint density at radius 2 is 1.77 bits per heavy atom. The van der Waals surface area contributed by atoms with Gasteiger partial charge in [0.15, 0.2) is 0 Å². The summed E-state index contributed by atoms with van der Waals surface area (Å²) < 4.78 is 0. The first-order valence-electron chi connectivity index (χ1n) is 7.74. The third kappa shape index (κ3) is 8.49. The minimum atomic E-state index is -1.35. The van der Waals surface area contributed by atoms with Crippen LogP contribution in [0.25, 0.3) is 0 Å². The summed E-state index contributed by atoms with van der Waals surface area (Å²) in [5, 5.41) is 22.1. The molecule has 0 heterocycles. The van der Waals surface area contributed by atoms with Crippen LogP contribution in [0, 0.1) is 0 Å². The highest BCUT2D eigenvalue weighted by molar-refractivity contribution is 8.13. The third-order valence-corrected chi connectivity index (χ3v) is 4.20. The van der Waals surface area contributed by atoms with Crippen LogP contribution < -0.4 is 16.4 Å². The molecule has 26 heavy (non-hydrogen) atoms. The van der Waals surface area contributed by atoms with Gasteiger partial charge in [0.2, 0.25) is 5.91 Å². The lowest BCUT2D eigenvalue weighted by Crippen LogP contribution is -2.49. The number of carbonyl (C=O) groups is 4. The summed E-state index contributed by atoms with van der Waals surface area (Å²) in [6.07, 6.45) is -0.656. The molecule has 6 N–H and O–H groups in total. The number of benzene rings is 1. The van der Waals surface area contributed by atoms with E-state index in [1.807, 2.05) is 30.3 Å². The summed E-state index contributed by atoms with van der Waals surface area (Å²) >= 11 is 0.808. The van der Waals surface area contributed by atoms with Crippen LogP contribution in [0.1, 0.15) is 18.4 Å². The molecule has 1 aromatic rings. The number of carboxylic acid groups (broad SMARTS) is 2. The normalized spacial score (nSPS) is 12.7. The topological polar surface area (TPSA) is 159 Å². The number of carbonyl (C=O) groups excluding carboxylic acids is 2. The summed E-state index contributed by atoms with van der Waals surface area (Å²) in [6, 6.07) is 6.81. The second kappa shape index (κ2) is 11.1. The Morgan fingerprint density at radius 3 is 2.35 bits per heavy atom. The second-order valence-corrected chi connectivity index (χ2v) is 6.37. The molecule has 1 rings (SSSR count). The fourth-order valence-corrected chi connectivity index (χ4v) is 2.52. The van der Waals surface area contributed by atoms with Crippen LogP contribution >= 0.6 is 11.8 Å². The zero-order valence-corrected chi connectivity index (χ0v) is 14.7. The molecule has 9 nitrogen and oxygen atoms in total. The Hall–Kier alpha value is -2.59. The summed E-state index contributed by atoms with van der Waals surface area (Å²) in [6.45, 7) is 0.338. The Balaban J connectivity index is 2.36. The maximum Gasteiger partial charge on any atom is 0.326 e. The Labute approximate surface area is 154 Å². The molecule has 142 valence electrons. The number of amides is 2. The fraction of sp³-hybridized carbons (Fsp3) is 0.375. The Bertz CT molecular complexity index is 640. The van der Waals surface area contributed by atoms with E-state index in [0.29, 0.717) is 6.54 Å². The van der Waals surface area contributed by atoms with Crippen LogP contribution in [0.5, 0.6) is 0 Å². The van der Waals surface area contributed by atoms with E-state index in [0.717, 1.165) is 17.3 Å². The van der Waals surface area contributed by atoms with E-state index < -0.39 is 36.4 Å². The van der Waals surface area contributed by atoms with E-state index in [9.17, 15) is 19.2 Å². The first kappa shape index (κ1) is 21.5. The minimum Gasteiger partial charge on any atom is -0.481 e. The third-order valence-electron chi connectivity index (χ3n) is 3.27. The molecule has 0 aliphatic rings. The van der Waals surface area contributed by atoms with Crippen molar-refractivity contribution < 1.29 is 29.4 Å². The minimum absolute atomic E-state index is 0.0439. The summed E-state index contributed by atoms with van der Waals surface area (Å²) in [7, 11) is 0. The van der Waals surface area contributed by atoms with Gasteiger partial charge in [-0.2, -0.15) is 0 Å². The monoisotopic (exact) mass is 383 g/mol. The number of carboxylic acids is 2. The molecule has 1 aromatic carbocycles. The van der Waals surface area contributed by atoms with E-state index >= 15 is 0 Å². The molecule has 0 fully saturated rings. The first-order valence-corrected chi connectivity index (χ1v) is 8.73. The summed E-state index contributed by atoms with van der Waals surface area (Å²) in [5.41, 5.74) is 6.58. The first-order chi connectivity index (χ1) is 12.3. The molecule has 0 aliphatic carbocycles.